The molecule has 2 rings (SSSR count). The van der Waals surface area contributed by atoms with Crippen LogP contribution in [0.25, 0.3) is 11.4 Å². The van der Waals surface area contributed by atoms with E-state index in [-0.39, 0.29) is 5.69 Å². The second kappa shape index (κ2) is 3.76. The molecule has 15 heavy (non-hydrogen) atoms. The van der Waals surface area contributed by atoms with Crippen molar-refractivity contribution in [2.45, 2.75) is 0 Å². The van der Waals surface area contributed by atoms with Crippen molar-refractivity contribution >= 4 is 0 Å². The minimum Gasteiger partial charge on any atom is -0.617 e. The quantitative estimate of drug-likeness (QED) is 0.510. The van der Waals surface area contributed by atoms with Crippen LogP contribution in [0.3, 0.4) is 0 Å². The summed E-state index contributed by atoms with van der Waals surface area (Å²) in [6.07, 6.45) is 1.61. The van der Waals surface area contributed by atoms with E-state index in [2.05, 4.69) is 4.98 Å². The number of pyridine rings is 2. The number of hydrogen-bond acceptors (Lipinski definition) is 3. The van der Waals surface area contributed by atoms with Crippen LogP contribution in [0.5, 0.6) is 0 Å². The van der Waals surface area contributed by atoms with Crippen LogP contribution >= 0.6 is 0 Å². The van der Waals surface area contributed by atoms with Gasteiger partial charge in [0.15, 0.2) is 6.07 Å². The number of nitriles is 1. The molecule has 0 spiro atoms. The Kier molecular flexibility index (Phi) is 2.30. The maximum absolute atomic E-state index is 11.7. The van der Waals surface area contributed by atoms with Crippen LogP contribution in [0.4, 0.5) is 0 Å². The van der Waals surface area contributed by atoms with Crippen molar-refractivity contribution in [1.29, 1.82) is 5.26 Å². The number of aromatic nitrogens is 2. The van der Waals surface area contributed by atoms with E-state index in [0.717, 1.165) is 0 Å². The predicted molar refractivity (Wildman–Crippen MR) is 53.3 cm³/mol. The van der Waals surface area contributed by atoms with Crippen molar-refractivity contribution in [1.82, 2.24) is 4.98 Å². The summed E-state index contributed by atoms with van der Waals surface area (Å²) in [5, 5.41) is 20.4. The van der Waals surface area contributed by atoms with Crippen molar-refractivity contribution in [3.05, 3.63) is 53.5 Å². The first-order valence-electron chi connectivity index (χ1n) is 4.37. The number of rotatable bonds is 1. The average Bonchev–Trinajstić information content (AvgIpc) is 2.30. The maximum atomic E-state index is 11.7. The summed E-state index contributed by atoms with van der Waals surface area (Å²) in [5.41, 5.74) is 1.01. The lowest BCUT2D eigenvalue weighted by molar-refractivity contribution is -0.596. The number of hydrogen-bond donors (Lipinski definition) is 0. The molecule has 0 aliphatic rings. The maximum Gasteiger partial charge on any atom is 0.295 e. The van der Waals surface area contributed by atoms with Crippen LogP contribution in [0.15, 0.2) is 42.6 Å². The summed E-state index contributed by atoms with van der Waals surface area (Å²) >= 11 is 0. The van der Waals surface area contributed by atoms with E-state index in [1.165, 1.54) is 6.07 Å². The van der Waals surface area contributed by atoms with Gasteiger partial charge in [0.2, 0.25) is 5.69 Å². The molecule has 72 valence electrons. The lowest BCUT2D eigenvalue weighted by Gasteiger charge is -2.03. The highest BCUT2D eigenvalue weighted by atomic mass is 16.5. The largest absolute Gasteiger partial charge is 0.617 e. The monoisotopic (exact) mass is 197 g/mol. The molecule has 0 atom stereocenters. The summed E-state index contributed by atoms with van der Waals surface area (Å²) in [5.74, 6) is 0. The number of nitrogens with zero attached hydrogens (tertiary/aromatic N) is 3. The Morgan fingerprint density at radius 2 is 2.07 bits per heavy atom. The molecule has 0 aromatic carbocycles. The van der Waals surface area contributed by atoms with Gasteiger partial charge in [-0.15, -0.1) is 0 Å². The van der Waals surface area contributed by atoms with E-state index in [1.807, 2.05) is 6.07 Å². The van der Waals surface area contributed by atoms with Gasteiger partial charge in [0.1, 0.15) is 5.69 Å². The second-order valence-corrected chi connectivity index (χ2v) is 2.92. The Bertz CT molecular complexity index is 517. The highest BCUT2D eigenvalue weighted by molar-refractivity contribution is 5.50. The Morgan fingerprint density at radius 1 is 1.20 bits per heavy atom. The summed E-state index contributed by atoms with van der Waals surface area (Å²) in [4.78, 5) is 4.05. The zero-order valence-corrected chi connectivity index (χ0v) is 7.79. The van der Waals surface area contributed by atoms with Gasteiger partial charge in [-0.1, -0.05) is 6.07 Å². The minimum absolute atomic E-state index is 0.0677. The summed E-state index contributed by atoms with van der Waals surface area (Å²) in [6, 6.07) is 11.9. The lowest BCUT2D eigenvalue weighted by Crippen LogP contribution is -2.33. The van der Waals surface area contributed by atoms with Gasteiger partial charge in [-0.25, -0.2) is 4.98 Å². The molecule has 2 aromatic heterocycles. The predicted octanol–water partition coefficient (Wildman–Crippen LogP) is 1.25. The molecule has 0 bridgehead atoms. The van der Waals surface area contributed by atoms with Crippen LogP contribution in [0, 0.1) is 16.5 Å². The smallest absolute Gasteiger partial charge is 0.295 e. The molecule has 4 nitrogen and oxygen atoms in total. The van der Waals surface area contributed by atoms with Gasteiger partial charge in [0, 0.05) is 18.3 Å². The molecule has 0 fully saturated rings. The Hall–Kier alpha value is -2.41. The summed E-state index contributed by atoms with van der Waals surface area (Å²) < 4.78 is 0.586. The SMILES string of the molecule is N#Cc1cccc(-c2ccccn2)[n+]1[O-]. The van der Waals surface area contributed by atoms with Crippen molar-refractivity contribution in [3.63, 3.8) is 0 Å². The molecule has 2 heterocycles. The van der Waals surface area contributed by atoms with Crippen LogP contribution in [-0.4, -0.2) is 4.98 Å². The Morgan fingerprint density at radius 3 is 2.73 bits per heavy atom. The highest BCUT2D eigenvalue weighted by Gasteiger charge is 2.12. The van der Waals surface area contributed by atoms with Crippen molar-refractivity contribution in [2.24, 2.45) is 0 Å². The standard InChI is InChI=1S/C11H7N3O/c12-8-9-4-3-6-11(14(9)15)10-5-1-2-7-13-10/h1-7H. The molecule has 0 aliphatic carbocycles. The van der Waals surface area contributed by atoms with E-state index >= 15 is 0 Å². The molecule has 0 radical (unpaired) electrons. The third-order valence-electron chi connectivity index (χ3n) is 1.99. The minimum atomic E-state index is 0.0677. The zero-order valence-electron chi connectivity index (χ0n) is 7.79. The first-order chi connectivity index (χ1) is 7.33. The van der Waals surface area contributed by atoms with Crippen LogP contribution in [-0.2, 0) is 0 Å². The molecule has 0 aliphatic heterocycles. The van der Waals surface area contributed by atoms with Crippen molar-refractivity contribution in [3.8, 4) is 17.5 Å². The lowest BCUT2D eigenvalue weighted by atomic mass is 10.2. The molecule has 0 N–H and O–H groups in total. The fraction of sp³-hybridized carbons (Fsp3) is 0. The molecule has 0 unspecified atom stereocenters. The molecule has 4 heteroatoms. The van der Waals surface area contributed by atoms with Crippen molar-refractivity contribution in [2.75, 3.05) is 0 Å². The van der Waals surface area contributed by atoms with Gasteiger partial charge >= 0.3 is 0 Å². The first-order valence-corrected chi connectivity index (χ1v) is 4.37. The van der Waals surface area contributed by atoms with Gasteiger partial charge in [-0.05, 0) is 18.2 Å². The van der Waals surface area contributed by atoms with E-state index in [4.69, 9.17) is 5.26 Å². The molecule has 2 aromatic rings. The fourth-order valence-electron chi connectivity index (χ4n) is 1.28. The third kappa shape index (κ3) is 1.63. The molecular formula is C11H7N3O. The molecule has 0 saturated carbocycles. The fourth-order valence-corrected chi connectivity index (χ4v) is 1.28. The Balaban J connectivity index is 2.61. The second-order valence-electron chi connectivity index (χ2n) is 2.92. The Labute approximate surface area is 86.6 Å². The van der Waals surface area contributed by atoms with Crippen LogP contribution in [0.1, 0.15) is 5.69 Å². The van der Waals surface area contributed by atoms with Crippen molar-refractivity contribution < 1.29 is 4.73 Å². The van der Waals surface area contributed by atoms with E-state index in [1.54, 1.807) is 36.5 Å². The summed E-state index contributed by atoms with van der Waals surface area (Å²) in [6.45, 7) is 0. The molecule has 0 amide bonds. The average molecular weight is 197 g/mol. The van der Waals surface area contributed by atoms with E-state index < -0.39 is 0 Å². The van der Waals surface area contributed by atoms with Gasteiger partial charge in [0.25, 0.3) is 5.69 Å². The first kappa shape index (κ1) is 9.16. The van der Waals surface area contributed by atoms with Crippen LogP contribution in [0.2, 0.25) is 0 Å². The molecule has 0 saturated heterocycles. The van der Waals surface area contributed by atoms with Gasteiger partial charge in [-0.3, -0.25) is 0 Å². The topological polar surface area (TPSA) is 63.6 Å². The normalized spacial score (nSPS) is 9.53. The zero-order chi connectivity index (χ0) is 10.7. The van der Waals surface area contributed by atoms with E-state index in [0.29, 0.717) is 16.1 Å². The highest BCUT2D eigenvalue weighted by Crippen LogP contribution is 2.11. The van der Waals surface area contributed by atoms with Gasteiger partial charge in [-0.2, -0.15) is 9.99 Å². The van der Waals surface area contributed by atoms with E-state index in [9.17, 15) is 5.21 Å². The third-order valence-corrected chi connectivity index (χ3v) is 1.99. The van der Waals surface area contributed by atoms with Crippen LogP contribution < -0.4 is 4.73 Å². The van der Waals surface area contributed by atoms with Gasteiger partial charge in [0.05, 0.1) is 0 Å². The molecular weight excluding hydrogens is 190 g/mol. The van der Waals surface area contributed by atoms with Gasteiger partial charge < -0.3 is 5.21 Å². The summed E-state index contributed by atoms with van der Waals surface area (Å²) in [7, 11) is 0.